The Hall–Kier alpha value is -2.70. The molecule has 0 saturated carbocycles. The van der Waals surface area contributed by atoms with Crippen molar-refractivity contribution in [2.75, 3.05) is 23.7 Å². The van der Waals surface area contributed by atoms with Crippen LogP contribution in [0.3, 0.4) is 0 Å². The number of anilines is 2. The number of pyridine rings is 1. The molecule has 1 amide bonds. The van der Waals surface area contributed by atoms with E-state index in [1.54, 1.807) is 24.4 Å². The predicted octanol–water partition coefficient (Wildman–Crippen LogP) is 5.57. The van der Waals surface area contributed by atoms with Crippen LogP contribution in [0.5, 0.6) is 0 Å². The molecule has 2 N–H and O–H groups in total. The van der Waals surface area contributed by atoms with E-state index in [0.29, 0.717) is 5.02 Å². The van der Waals surface area contributed by atoms with E-state index in [1.165, 1.54) is 12.1 Å². The normalized spacial score (nSPS) is 16.3. The van der Waals surface area contributed by atoms with Crippen LogP contribution in [-0.2, 0) is 4.79 Å². The van der Waals surface area contributed by atoms with Crippen molar-refractivity contribution in [1.29, 1.82) is 0 Å². The van der Waals surface area contributed by atoms with E-state index in [-0.39, 0.29) is 29.7 Å². The van der Waals surface area contributed by atoms with Gasteiger partial charge in [-0.3, -0.25) is 14.7 Å². The Balaban J connectivity index is 1.40. The molecule has 1 unspecified atom stereocenters. The number of hydrogen-bond acceptors (Lipinski definition) is 4. The lowest BCUT2D eigenvalue weighted by Crippen LogP contribution is -2.52. The number of likely N-dealkylation sites (tertiary alicyclic amines) is 1. The highest BCUT2D eigenvalue weighted by Crippen LogP contribution is 2.26. The number of hydrogen-bond donors (Lipinski definition) is 2. The standard InChI is InChI=1S/C25H28ClFN4O/c1-16(2)24(25(32)30-19-6-3-17(26)4-7-19)31-13-10-20(11-14-31)29-23-9-12-28-22-8-5-18(27)15-21(22)23/h3-9,12,15-16,20,24H,10-11,13-14H2,1-2H3,(H,28,29)(H,30,32). The number of amides is 1. The van der Waals surface area contributed by atoms with E-state index in [9.17, 15) is 9.18 Å². The number of carbonyl (C=O) groups is 1. The highest BCUT2D eigenvalue weighted by atomic mass is 35.5. The van der Waals surface area contributed by atoms with Crippen molar-refractivity contribution in [2.24, 2.45) is 5.92 Å². The fourth-order valence-corrected chi connectivity index (χ4v) is 4.55. The first-order chi connectivity index (χ1) is 15.4. The van der Waals surface area contributed by atoms with Gasteiger partial charge in [-0.25, -0.2) is 4.39 Å². The molecule has 0 aliphatic carbocycles. The Kier molecular flexibility index (Phi) is 6.92. The van der Waals surface area contributed by atoms with Gasteiger partial charge in [0.25, 0.3) is 0 Å². The molecule has 32 heavy (non-hydrogen) atoms. The third kappa shape index (κ3) is 5.19. The van der Waals surface area contributed by atoms with E-state index >= 15 is 0 Å². The summed E-state index contributed by atoms with van der Waals surface area (Å²) in [5, 5.41) is 8.03. The quantitative estimate of drug-likeness (QED) is 0.511. The maximum absolute atomic E-state index is 13.8. The van der Waals surface area contributed by atoms with Gasteiger partial charge in [0.1, 0.15) is 5.82 Å². The van der Waals surface area contributed by atoms with Gasteiger partial charge >= 0.3 is 0 Å². The molecule has 0 radical (unpaired) electrons. The van der Waals surface area contributed by atoms with Crippen LogP contribution < -0.4 is 10.6 Å². The third-order valence-corrected chi connectivity index (χ3v) is 6.25. The molecule has 5 nitrogen and oxygen atoms in total. The minimum atomic E-state index is -0.269. The maximum Gasteiger partial charge on any atom is 0.241 e. The summed E-state index contributed by atoms with van der Waals surface area (Å²) < 4.78 is 13.8. The first-order valence-electron chi connectivity index (χ1n) is 11.0. The fourth-order valence-electron chi connectivity index (χ4n) is 4.43. The van der Waals surface area contributed by atoms with Crippen LogP contribution in [0.25, 0.3) is 10.9 Å². The minimum absolute atomic E-state index is 0.00401. The number of aromatic nitrogens is 1. The monoisotopic (exact) mass is 454 g/mol. The predicted molar refractivity (Wildman–Crippen MR) is 129 cm³/mol. The summed E-state index contributed by atoms with van der Waals surface area (Å²) in [5.41, 5.74) is 2.42. The Morgan fingerprint density at radius 3 is 2.53 bits per heavy atom. The first-order valence-corrected chi connectivity index (χ1v) is 11.4. The van der Waals surface area contributed by atoms with Crippen molar-refractivity contribution in [3.05, 3.63) is 65.6 Å². The largest absolute Gasteiger partial charge is 0.382 e. The number of benzene rings is 2. The summed E-state index contributed by atoms with van der Waals surface area (Å²) in [6.45, 7) is 5.78. The summed E-state index contributed by atoms with van der Waals surface area (Å²) in [7, 11) is 0. The van der Waals surface area contributed by atoms with Crippen molar-refractivity contribution in [1.82, 2.24) is 9.88 Å². The number of piperidine rings is 1. The van der Waals surface area contributed by atoms with E-state index < -0.39 is 0 Å². The van der Waals surface area contributed by atoms with Crippen molar-refractivity contribution < 1.29 is 9.18 Å². The number of nitrogens with one attached hydrogen (secondary N) is 2. The van der Waals surface area contributed by atoms with E-state index in [4.69, 9.17) is 11.6 Å². The second-order valence-corrected chi connectivity index (χ2v) is 9.10. The number of nitrogens with zero attached hydrogens (tertiary/aromatic N) is 2. The van der Waals surface area contributed by atoms with Crippen LogP contribution in [0.1, 0.15) is 26.7 Å². The second kappa shape index (κ2) is 9.84. The summed E-state index contributed by atoms with van der Waals surface area (Å²) in [4.78, 5) is 19.6. The van der Waals surface area contributed by atoms with Gasteiger partial charge in [-0.2, -0.15) is 0 Å². The van der Waals surface area contributed by atoms with Crippen molar-refractivity contribution in [3.8, 4) is 0 Å². The van der Waals surface area contributed by atoms with Crippen molar-refractivity contribution in [3.63, 3.8) is 0 Å². The summed E-state index contributed by atoms with van der Waals surface area (Å²) in [6, 6.07) is 13.8. The Bertz CT molecular complexity index is 1080. The lowest BCUT2D eigenvalue weighted by Gasteiger charge is -2.39. The van der Waals surface area contributed by atoms with Gasteiger partial charge < -0.3 is 10.6 Å². The van der Waals surface area contributed by atoms with E-state index in [1.807, 2.05) is 18.2 Å². The molecule has 1 saturated heterocycles. The molecule has 168 valence electrons. The van der Waals surface area contributed by atoms with Gasteiger partial charge in [0.15, 0.2) is 0 Å². The van der Waals surface area contributed by atoms with Crippen LogP contribution in [-0.4, -0.2) is 41.0 Å². The zero-order chi connectivity index (χ0) is 22.7. The second-order valence-electron chi connectivity index (χ2n) is 8.66. The van der Waals surface area contributed by atoms with Crippen LogP contribution >= 0.6 is 11.6 Å². The Morgan fingerprint density at radius 1 is 1.12 bits per heavy atom. The molecule has 2 heterocycles. The molecule has 1 aliphatic rings. The molecule has 1 fully saturated rings. The molecule has 1 aliphatic heterocycles. The topological polar surface area (TPSA) is 57.3 Å². The Morgan fingerprint density at radius 2 is 1.84 bits per heavy atom. The van der Waals surface area contributed by atoms with Crippen LogP contribution in [0, 0.1) is 11.7 Å². The average Bonchev–Trinajstić information content (AvgIpc) is 2.77. The van der Waals surface area contributed by atoms with Crippen LogP contribution in [0.4, 0.5) is 15.8 Å². The zero-order valence-electron chi connectivity index (χ0n) is 18.3. The zero-order valence-corrected chi connectivity index (χ0v) is 19.1. The van der Waals surface area contributed by atoms with Gasteiger partial charge in [0.05, 0.1) is 11.6 Å². The first kappa shape index (κ1) is 22.5. The molecule has 3 aromatic rings. The molecule has 1 aromatic heterocycles. The molecular formula is C25H28ClFN4O. The average molecular weight is 455 g/mol. The molecule has 7 heteroatoms. The highest BCUT2D eigenvalue weighted by Gasteiger charge is 2.32. The molecule has 0 spiro atoms. The SMILES string of the molecule is CC(C)C(C(=O)Nc1ccc(Cl)cc1)N1CCC(Nc2ccnc3ccc(F)cc23)CC1. The van der Waals surface area contributed by atoms with Crippen LogP contribution in [0.15, 0.2) is 54.7 Å². The molecule has 2 aromatic carbocycles. The van der Waals surface area contributed by atoms with E-state index in [2.05, 4.69) is 34.4 Å². The molecular weight excluding hydrogens is 427 g/mol. The summed E-state index contributed by atoms with van der Waals surface area (Å²) in [6.07, 6.45) is 3.54. The van der Waals surface area contributed by atoms with Gasteiger partial charge in [-0.1, -0.05) is 25.4 Å². The van der Waals surface area contributed by atoms with Crippen LogP contribution in [0.2, 0.25) is 5.02 Å². The molecule has 1 atom stereocenters. The van der Waals surface area contributed by atoms with E-state index in [0.717, 1.165) is 48.2 Å². The van der Waals surface area contributed by atoms with Gasteiger partial charge in [0.2, 0.25) is 5.91 Å². The molecule has 4 rings (SSSR count). The van der Waals surface area contributed by atoms with Crippen molar-refractivity contribution >= 4 is 39.8 Å². The fraction of sp³-hybridized carbons (Fsp3) is 0.360. The van der Waals surface area contributed by atoms with Crippen molar-refractivity contribution in [2.45, 2.75) is 38.8 Å². The third-order valence-electron chi connectivity index (χ3n) is 6.00. The number of halogens is 2. The number of rotatable bonds is 6. The smallest absolute Gasteiger partial charge is 0.241 e. The number of fused-ring (bicyclic) bond motifs is 1. The summed E-state index contributed by atoms with van der Waals surface area (Å²) >= 11 is 5.95. The highest BCUT2D eigenvalue weighted by molar-refractivity contribution is 6.30. The number of carbonyl (C=O) groups excluding carboxylic acids is 1. The lowest BCUT2D eigenvalue weighted by atomic mass is 9.96. The minimum Gasteiger partial charge on any atom is -0.382 e. The maximum atomic E-state index is 13.8. The van der Waals surface area contributed by atoms with Gasteiger partial charge in [-0.05, 0) is 67.3 Å². The van der Waals surface area contributed by atoms with Gasteiger partial charge in [0, 0.05) is 47.1 Å². The lowest BCUT2D eigenvalue weighted by molar-refractivity contribution is -0.123. The Labute approximate surface area is 193 Å². The van der Waals surface area contributed by atoms with Gasteiger partial charge in [-0.15, -0.1) is 0 Å². The molecule has 0 bridgehead atoms. The summed E-state index contributed by atoms with van der Waals surface area (Å²) in [5.74, 6) is -0.0851.